The molecule has 0 saturated heterocycles. The lowest BCUT2D eigenvalue weighted by atomic mass is 10.3. The summed E-state index contributed by atoms with van der Waals surface area (Å²) >= 11 is 3.03. The third-order valence-electron chi connectivity index (χ3n) is 2.17. The van der Waals surface area contributed by atoms with Crippen LogP contribution in [0, 0.1) is 5.82 Å². The maximum absolute atomic E-state index is 13.6. The topological polar surface area (TPSA) is 34.2 Å². The Kier molecular flexibility index (Phi) is 4.12. The van der Waals surface area contributed by atoms with E-state index in [1.165, 1.54) is 24.4 Å². The van der Waals surface area contributed by atoms with Crippen molar-refractivity contribution in [2.75, 3.05) is 5.32 Å². The van der Waals surface area contributed by atoms with E-state index in [2.05, 4.69) is 31.0 Å². The highest BCUT2D eigenvalue weighted by Crippen LogP contribution is 2.32. The summed E-state index contributed by atoms with van der Waals surface area (Å²) in [7, 11) is 0. The van der Waals surface area contributed by atoms with Gasteiger partial charge in [0.2, 0.25) is 0 Å². The average molecular weight is 351 g/mol. The van der Waals surface area contributed by atoms with Crippen LogP contribution in [0.25, 0.3) is 0 Å². The molecule has 1 heterocycles. The van der Waals surface area contributed by atoms with Crippen molar-refractivity contribution < 1.29 is 22.3 Å². The zero-order chi connectivity index (χ0) is 14.8. The number of benzene rings is 1. The van der Waals surface area contributed by atoms with Crippen molar-refractivity contribution in [1.82, 2.24) is 4.98 Å². The summed E-state index contributed by atoms with van der Waals surface area (Å²) < 4.78 is 54.6. The zero-order valence-electron chi connectivity index (χ0n) is 9.71. The fraction of sp³-hybridized carbons (Fsp3) is 0.0833. The molecule has 0 spiro atoms. The molecule has 0 aliphatic heterocycles. The number of ether oxygens (including phenoxy) is 1. The molecular weight excluding hydrogens is 344 g/mol. The van der Waals surface area contributed by atoms with E-state index in [9.17, 15) is 17.6 Å². The molecule has 8 heteroatoms. The Labute approximate surface area is 119 Å². The Morgan fingerprint density at radius 1 is 1.20 bits per heavy atom. The summed E-state index contributed by atoms with van der Waals surface area (Å²) in [5.41, 5.74) is -0.0430. The number of para-hydroxylation sites is 2. The molecule has 0 bridgehead atoms. The summed E-state index contributed by atoms with van der Waals surface area (Å²) in [6.45, 7) is 0. The second-order valence-corrected chi connectivity index (χ2v) is 4.57. The quantitative estimate of drug-likeness (QED) is 0.819. The van der Waals surface area contributed by atoms with E-state index < -0.39 is 17.9 Å². The molecule has 0 amide bonds. The van der Waals surface area contributed by atoms with Crippen molar-refractivity contribution in [3.05, 3.63) is 46.8 Å². The molecule has 20 heavy (non-hydrogen) atoms. The van der Waals surface area contributed by atoms with Gasteiger partial charge in [-0.3, -0.25) is 0 Å². The fourth-order valence-corrected chi connectivity index (χ4v) is 1.72. The Balaban J connectivity index is 2.29. The normalized spacial score (nSPS) is 11.2. The zero-order valence-corrected chi connectivity index (χ0v) is 11.3. The predicted molar refractivity (Wildman–Crippen MR) is 68.3 cm³/mol. The van der Waals surface area contributed by atoms with Gasteiger partial charge in [-0.15, -0.1) is 13.2 Å². The van der Waals surface area contributed by atoms with Crippen molar-refractivity contribution in [3.63, 3.8) is 0 Å². The molecule has 106 valence electrons. The third-order valence-corrected chi connectivity index (χ3v) is 2.61. The maximum Gasteiger partial charge on any atom is 0.573 e. The number of nitrogens with zero attached hydrogens (tertiary/aromatic N) is 1. The van der Waals surface area contributed by atoms with Crippen LogP contribution in [0.5, 0.6) is 5.75 Å². The number of aromatic nitrogens is 1. The molecule has 0 fully saturated rings. The van der Waals surface area contributed by atoms with Gasteiger partial charge in [0.1, 0.15) is 0 Å². The molecule has 2 rings (SSSR count). The van der Waals surface area contributed by atoms with Crippen LogP contribution in [0.15, 0.2) is 41.0 Å². The number of alkyl halides is 3. The molecular formula is C12H7BrF4N2O. The van der Waals surface area contributed by atoms with E-state index >= 15 is 0 Å². The van der Waals surface area contributed by atoms with Crippen LogP contribution in [-0.2, 0) is 0 Å². The van der Waals surface area contributed by atoms with Gasteiger partial charge in [-0.1, -0.05) is 12.1 Å². The number of hydrogen-bond acceptors (Lipinski definition) is 3. The molecule has 1 aromatic heterocycles. The van der Waals surface area contributed by atoms with Gasteiger partial charge in [0.05, 0.1) is 5.69 Å². The Bertz CT molecular complexity index is 619. The lowest BCUT2D eigenvalue weighted by Crippen LogP contribution is -2.18. The van der Waals surface area contributed by atoms with Crippen LogP contribution in [0.1, 0.15) is 0 Å². The molecule has 0 aliphatic rings. The highest BCUT2D eigenvalue weighted by atomic mass is 79.9. The number of hydrogen-bond donors (Lipinski definition) is 1. The summed E-state index contributed by atoms with van der Waals surface area (Å²) in [6, 6.07) is 6.44. The van der Waals surface area contributed by atoms with E-state index in [4.69, 9.17) is 0 Å². The minimum Gasteiger partial charge on any atom is -0.404 e. The largest absolute Gasteiger partial charge is 0.573 e. The Morgan fingerprint density at radius 2 is 1.90 bits per heavy atom. The summed E-state index contributed by atoms with van der Waals surface area (Å²) in [4.78, 5) is 3.74. The van der Waals surface area contributed by atoms with Crippen LogP contribution in [0.4, 0.5) is 29.1 Å². The second-order valence-electron chi connectivity index (χ2n) is 3.65. The molecule has 0 saturated carbocycles. The number of nitrogens with one attached hydrogen (secondary N) is 1. The number of halogens is 5. The lowest BCUT2D eigenvalue weighted by molar-refractivity contribution is -0.274. The maximum atomic E-state index is 13.6. The van der Waals surface area contributed by atoms with Crippen molar-refractivity contribution in [2.45, 2.75) is 6.36 Å². The van der Waals surface area contributed by atoms with Gasteiger partial charge in [0.15, 0.2) is 17.4 Å². The first-order valence-corrected chi connectivity index (χ1v) is 6.07. The van der Waals surface area contributed by atoms with Gasteiger partial charge in [-0.05, 0) is 34.1 Å². The van der Waals surface area contributed by atoms with E-state index in [1.54, 1.807) is 0 Å². The molecule has 1 N–H and O–H groups in total. The molecule has 3 nitrogen and oxygen atoms in total. The van der Waals surface area contributed by atoms with Crippen LogP contribution < -0.4 is 10.1 Å². The van der Waals surface area contributed by atoms with Gasteiger partial charge in [-0.25, -0.2) is 9.37 Å². The summed E-state index contributed by atoms with van der Waals surface area (Å²) in [6.07, 6.45) is -3.51. The minimum atomic E-state index is -4.83. The van der Waals surface area contributed by atoms with E-state index in [-0.39, 0.29) is 11.5 Å². The van der Waals surface area contributed by atoms with Crippen LogP contribution >= 0.6 is 15.9 Å². The monoisotopic (exact) mass is 350 g/mol. The SMILES string of the molecule is Fc1cc(Br)cnc1Nc1ccccc1OC(F)(F)F. The Morgan fingerprint density at radius 3 is 2.55 bits per heavy atom. The predicted octanol–water partition coefficient (Wildman–Crippen LogP) is 4.63. The van der Waals surface area contributed by atoms with Crippen LogP contribution in [0.3, 0.4) is 0 Å². The standard InChI is InChI=1S/C12H7BrF4N2O/c13-7-5-8(14)11(18-6-7)19-9-3-1-2-4-10(9)20-12(15,16)17/h1-6H,(H,18,19). The number of rotatable bonds is 3. The number of pyridine rings is 1. The Hall–Kier alpha value is -1.83. The average Bonchev–Trinajstić information content (AvgIpc) is 2.33. The van der Waals surface area contributed by atoms with Crippen molar-refractivity contribution in [2.24, 2.45) is 0 Å². The van der Waals surface area contributed by atoms with Gasteiger partial charge < -0.3 is 10.1 Å². The summed E-state index contributed by atoms with van der Waals surface area (Å²) in [5, 5.41) is 2.46. The van der Waals surface area contributed by atoms with Crippen LogP contribution in [-0.4, -0.2) is 11.3 Å². The van der Waals surface area contributed by atoms with Gasteiger partial charge in [0.25, 0.3) is 0 Å². The summed E-state index contributed by atoms with van der Waals surface area (Å²) in [5.74, 6) is -1.38. The number of anilines is 2. The van der Waals surface area contributed by atoms with E-state index in [1.807, 2.05) is 0 Å². The molecule has 1 aromatic carbocycles. The van der Waals surface area contributed by atoms with E-state index in [0.717, 1.165) is 12.1 Å². The molecule has 2 aromatic rings. The highest BCUT2D eigenvalue weighted by molar-refractivity contribution is 9.10. The van der Waals surface area contributed by atoms with Crippen molar-refractivity contribution >= 4 is 27.4 Å². The lowest BCUT2D eigenvalue weighted by Gasteiger charge is -2.14. The van der Waals surface area contributed by atoms with Crippen molar-refractivity contribution in [3.8, 4) is 5.75 Å². The van der Waals surface area contributed by atoms with Gasteiger partial charge in [-0.2, -0.15) is 0 Å². The van der Waals surface area contributed by atoms with E-state index in [0.29, 0.717) is 4.47 Å². The fourth-order valence-electron chi connectivity index (χ4n) is 1.42. The first-order chi connectivity index (χ1) is 9.35. The van der Waals surface area contributed by atoms with Gasteiger partial charge >= 0.3 is 6.36 Å². The third kappa shape index (κ3) is 3.83. The molecule has 0 atom stereocenters. The second kappa shape index (κ2) is 5.66. The van der Waals surface area contributed by atoms with Gasteiger partial charge in [0, 0.05) is 10.7 Å². The van der Waals surface area contributed by atoms with Crippen molar-refractivity contribution in [1.29, 1.82) is 0 Å². The van der Waals surface area contributed by atoms with Crippen LogP contribution in [0.2, 0.25) is 0 Å². The molecule has 0 unspecified atom stereocenters. The minimum absolute atomic E-state index is 0.0430. The first-order valence-electron chi connectivity index (χ1n) is 5.28. The highest BCUT2D eigenvalue weighted by Gasteiger charge is 2.32. The molecule has 0 radical (unpaired) electrons. The smallest absolute Gasteiger partial charge is 0.404 e. The molecule has 0 aliphatic carbocycles. The first kappa shape index (κ1) is 14.6.